The highest BCUT2D eigenvalue weighted by Gasteiger charge is 2.12. The Bertz CT molecular complexity index is 1100. The fraction of sp³-hybridized carbons (Fsp3) is 0.150. The van der Waals surface area contributed by atoms with E-state index in [1.165, 1.54) is 12.1 Å². The second-order valence-electron chi connectivity index (χ2n) is 5.34. The van der Waals surface area contributed by atoms with Gasteiger partial charge >= 0.3 is 0 Å². The van der Waals surface area contributed by atoms with Gasteiger partial charge in [0.15, 0.2) is 0 Å². The summed E-state index contributed by atoms with van der Waals surface area (Å²) >= 11 is 1.65. The molecule has 128 valence electrons. The molecular weight excluding hydrogens is 335 g/mol. The molecule has 0 spiro atoms. The van der Waals surface area contributed by atoms with Crippen molar-refractivity contribution in [2.75, 3.05) is 6.26 Å². The lowest BCUT2D eigenvalue weighted by atomic mass is 10.1. The Morgan fingerprint density at radius 2 is 1.76 bits per heavy atom. The lowest BCUT2D eigenvalue weighted by Crippen LogP contribution is -2.04. The third-order valence-corrected chi connectivity index (χ3v) is 4.66. The van der Waals surface area contributed by atoms with Gasteiger partial charge in [-0.05, 0) is 42.2 Å². The van der Waals surface area contributed by atoms with Crippen LogP contribution in [0.3, 0.4) is 0 Å². The van der Waals surface area contributed by atoms with Crippen molar-refractivity contribution in [1.82, 2.24) is 9.97 Å². The minimum Gasteiger partial charge on any atom is -0.353 e. The normalized spacial score (nSPS) is 10.7. The Kier molecular flexibility index (Phi) is 4.95. The monoisotopic (exact) mass is 354 g/mol. The number of pyridine rings is 1. The molecule has 0 amide bonds. The number of hydrogen-bond donors (Lipinski definition) is 2. The molecule has 3 nitrogen and oxygen atoms in total. The van der Waals surface area contributed by atoms with Gasteiger partial charge in [0.05, 0.1) is 11.0 Å². The number of aromatic nitrogens is 2. The Labute approximate surface area is 149 Å². The zero-order chi connectivity index (χ0) is 18.0. The van der Waals surface area contributed by atoms with Gasteiger partial charge in [-0.3, -0.25) is 4.79 Å². The lowest BCUT2D eigenvalue weighted by Gasteiger charge is -2.05. The van der Waals surface area contributed by atoms with Crippen molar-refractivity contribution in [3.05, 3.63) is 64.7 Å². The second-order valence-corrected chi connectivity index (χ2v) is 6.22. The van der Waals surface area contributed by atoms with Crippen molar-refractivity contribution >= 4 is 33.7 Å². The van der Waals surface area contributed by atoms with Gasteiger partial charge in [-0.1, -0.05) is 26.0 Å². The lowest BCUT2D eigenvalue weighted by molar-refractivity contribution is 0.630. The summed E-state index contributed by atoms with van der Waals surface area (Å²) in [6.45, 7) is 4.00. The molecule has 0 aliphatic carbocycles. The van der Waals surface area contributed by atoms with E-state index in [1.807, 2.05) is 44.4 Å². The van der Waals surface area contributed by atoms with Crippen molar-refractivity contribution < 1.29 is 4.39 Å². The van der Waals surface area contributed by atoms with Crippen LogP contribution in [0.1, 0.15) is 13.8 Å². The zero-order valence-corrected chi connectivity index (χ0v) is 15.1. The molecule has 25 heavy (non-hydrogen) atoms. The summed E-state index contributed by atoms with van der Waals surface area (Å²) < 4.78 is 13.6. The molecule has 0 bridgehead atoms. The van der Waals surface area contributed by atoms with E-state index in [1.54, 1.807) is 23.9 Å². The van der Waals surface area contributed by atoms with Crippen LogP contribution >= 0.6 is 11.8 Å². The Morgan fingerprint density at radius 3 is 2.52 bits per heavy atom. The van der Waals surface area contributed by atoms with E-state index in [0.717, 1.165) is 27.1 Å². The maximum Gasteiger partial charge on any atom is 0.249 e. The summed E-state index contributed by atoms with van der Waals surface area (Å²) in [6.07, 6.45) is 2.01. The molecule has 0 unspecified atom stereocenters. The first-order valence-corrected chi connectivity index (χ1v) is 9.37. The summed E-state index contributed by atoms with van der Waals surface area (Å²) in [6, 6.07) is 14.1. The van der Waals surface area contributed by atoms with Gasteiger partial charge < -0.3 is 9.97 Å². The largest absolute Gasteiger partial charge is 0.353 e. The molecule has 0 saturated heterocycles. The van der Waals surface area contributed by atoms with Gasteiger partial charge in [0.25, 0.3) is 0 Å². The van der Waals surface area contributed by atoms with Gasteiger partial charge in [0.2, 0.25) is 5.56 Å². The molecule has 0 aliphatic rings. The number of rotatable bonds is 2. The highest BCUT2D eigenvalue weighted by molar-refractivity contribution is 7.98. The average Bonchev–Trinajstić information content (AvgIpc) is 3.00. The van der Waals surface area contributed by atoms with Crippen LogP contribution in [0.2, 0.25) is 0 Å². The summed E-state index contributed by atoms with van der Waals surface area (Å²) in [7, 11) is 0. The molecule has 2 aromatic heterocycles. The van der Waals surface area contributed by atoms with Crippen LogP contribution in [0, 0.1) is 5.82 Å². The van der Waals surface area contributed by atoms with Gasteiger partial charge in [-0.2, -0.15) is 0 Å². The minimum atomic E-state index is -0.325. The van der Waals surface area contributed by atoms with Crippen LogP contribution in [0.5, 0.6) is 0 Å². The smallest absolute Gasteiger partial charge is 0.249 e. The summed E-state index contributed by atoms with van der Waals surface area (Å²) in [5.41, 5.74) is 3.81. The van der Waals surface area contributed by atoms with Crippen LogP contribution in [-0.2, 0) is 0 Å². The molecule has 2 heterocycles. The predicted molar refractivity (Wildman–Crippen MR) is 105 cm³/mol. The molecule has 2 aromatic carbocycles. The van der Waals surface area contributed by atoms with E-state index in [9.17, 15) is 9.18 Å². The maximum atomic E-state index is 13.6. The Balaban J connectivity index is 0.000000880. The van der Waals surface area contributed by atoms with Crippen LogP contribution in [-0.4, -0.2) is 16.2 Å². The van der Waals surface area contributed by atoms with Crippen LogP contribution in [0.4, 0.5) is 4.39 Å². The average molecular weight is 354 g/mol. The molecule has 5 heteroatoms. The van der Waals surface area contributed by atoms with Crippen molar-refractivity contribution in [3.8, 4) is 11.1 Å². The number of fused-ring (bicyclic) bond motifs is 3. The second kappa shape index (κ2) is 7.15. The van der Waals surface area contributed by atoms with Gasteiger partial charge in [0.1, 0.15) is 5.82 Å². The molecule has 4 rings (SSSR count). The molecular formula is C20H19FN2OS. The van der Waals surface area contributed by atoms with Crippen molar-refractivity contribution in [2.45, 2.75) is 18.7 Å². The fourth-order valence-electron chi connectivity index (χ4n) is 2.88. The number of nitrogens with one attached hydrogen (secondary N) is 2. The number of thioether (sulfide) groups is 1. The molecule has 0 atom stereocenters. The molecule has 2 N–H and O–H groups in total. The van der Waals surface area contributed by atoms with Gasteiger partial charge in [-0.15, -0.1) is 11.8 Å². The van der Waals surface area contributed by atoms with E-state index in [2.05, 4.69) is 9.97 Å². The number of halogens is 1. The number of H-pyrrole nitrogens is 2. The Hall–Kier alpha value is -2.53. The minimum absolute atomic E-state index is 0.202. The summed E-state index contributed by atoms with van der Waals surface area (Å²) in [5, 5.41) is 0.681. The predicted octanol–water partition coefficient (Wildman–Crippen LogP) is 5.56. The Morgan fingerprint density at radius 1 is 0.960 bits per heavy atom. The number of aromatic amines is 2. The standard InChI is InChI=1S/C18H13FN2OS.C2H6/c1-23-12-4-2-3-10(7-12)13-9-16(22)21-18-14-8-11(19)5-6-15(14)20-17(13)18;1-2/h2-9,20H,1H3,(H,21,22);1-2H3. The first kappa shape index (κ1) is 17.3. The SMILES string of the molecule is CC.CSc1cccc(-c2cc(=O)[nH]c3c2[nH]c2ccc(F)cc23)c1. The zero-order valence-electron chi connectivity index (χ0n) is 14.3. The number of benzene rings is 2. The third-order valence-electron chi connectivity index (χ3n) is 3.93. The van der Waals surface area contributed by atoms with Crippen LogP contribution < -0.4 is 5.56 Å². The maximum absolute atomic E-state index is 13.6. The highest BCUT2D eigenvalue weighted by atomic mass is 32.2. The van der Waals surface area contributed by atoms with Gasteiger partial charge in [0, 0.05) is 27.4 Å². The van der Waals surface area contributed by atoms with Gasteiger partial charge in [-0.25, -0.2) is 4.39 Å². The molecule has 0 radical (unpaired) electrons. The first-order chi connectivity index (χ1) is 12.2. The van der Waals surface area contributed by atoms with E-state index >= 15 is 0 Å². The van der Waals surface area contributed by atoms with Crippen molar-refractivity contribution in [2.24, 2.45) is 0 Å². The molecule has 0 fully saturated rings. The fourth-order valence-corrected chi connectivity index (χ4v) is 3.34. The van der Waals surface area contributed by atoms with Crippen LogP contribution in [0.25, 0.3) is 33.1 Å². The van der Waals surface area contributed by atoms with Crippen molar-refractivity contribution in [1.29, 1.82) is 0 Å². The molecule has 0 saturated carbocycles. The summed E-state index contributed by atoms with van der Waals surface area (Å²) in [4.78, 5) is 19.3. The van der Waals surface area contributed by atoms with E-state index in [0.29, 0.717) is 10.9 Å². The quantitative estimate of drug-likeness (QED) is 0.463. The van der Waals surface area contributed by atoms with E-state index in [-0.39, 0.29) is 11.4 Å². The molecule has 0 aliphatic heterocycles. The van der Waals surface area contributed by atoms with E-state index < -0.39 is 0 Å². The summed E-state index contributed by atoms with van der Waals surface area (Å²) in [5.74, 6) is -0.325. The highest BCUT2D eigenvalue weighted by Crippen LogP contribution is 2.32. The first-order valence-electron chi connectivity index (χ1n) is 8.14. The topological polar surface area (TPSA) is 48.6 Å². The molecule has 4 aromatic rings. The van der Waals surface area contributed by atoms with E-state index in [4.69, 9.17) is 0 Å². The van der Waals surface area contributed by atoms with Crippen molar-refractivity contribution in [3.63, 3.8) is 0 Å². The van der Waals surface area contributed by atoms with Crippen LogP contribution in [0.15, 0.2) is 58.2 Å². The number of hydrogen-bond acceptors (Lipinski definition) is 2. The third kappa shape index (κ3) is 3.20.